The first kappa shape index (κ1) is 18.9. The van der Waals surface area contributed by atoms with Crippen LogP contribution in [0.3, 0.4) is 0 Å². The van der Waals surface area contributed by atoms with E-state index in [2.05, 4.69) is 15.4 Å². The lowest BCUT2D eigenvalue weighted by atomic mass is 10.1. The molecule has 0 saturated heterocycles. The molecule has 0 saturated carbocycles. The average Bonchev–Trinajstić information content (AvgIpc) is 3.30. The van der Waals surface area contributed by atoms with E-state index in [1.165, 1.54) is 12.4 Å². The van der Waals surface area contributed by atoms with Gasteiger partial charge in [-0.3, -0.25) is 4.79 Å². The average molecular weight is 400 g/mol. The summed E-state index contributed by atoms with van der Waals surface area (Å²) in [6.45, 7) is 0. The fourth-order valence-electron chi connectivity index (χ4n) is 2.79. The van der Waals surface area contributed by atoms with Crippen molar-refractivity contribution < 1.29 is 19.4 Å². The summed E-state index contributed by atoms with van der Waals surface area (Å²) in [5.41, 5.74) is 1.50. The lowest BCUT2D eigenvalue weighted by Crippen LogP contribution is -2.14. The number of carbonyl (C=O) groups is 2. The van der Waals surface area contributed by atoms with E-state index >= 15 is 0 Å². The Bertz CT molecular complexity index is 1170. The highest BCUT2D eigenvalue weighted by Gasteiger charge is 2.13. The predicted molar refractivity (Wildman–Crippen MR) is 109 cm³/mol. The summed E-state index contributed by atoms with van der Waals surface area (Å²) in [7, 11) is 0. The first-order valence-electron chi connectivity index (χ1n) is 8.97. The van der Waals surface area contributed by atoms with Crippen molar-refractivity contribution in [2.24, 2.45) is 0 Å². The van der Waals surface area contributed by atoms with E-state index in [0.717, 1.165) is 5.69 Å². The molecule has 148 valence electrons. The highest BCUT2D eigenvalue weighted by molar-refractivity contribution is 6.07. The van der Waals surface area contributed by atoms with Gasteiger partial charge in [0.2, 0.25) is 0 Å². The number of hydrogen-bond donors (Lipinski definition) is 2. The molecule has 0 bridgehead atoms. The standard InChI is InChI=1S/C22H16N4O4/c27-21(25-20-4-2-1-3-19(20)22(28)29)15-5-9-17(10-6-15)30-18-11-7-16(8-12-18)26-14-23-13-24-26/h1-14H,(H,25,27)(H,28,29). The lowest BCUT2D eigenvalue weighted by molar-refractivity contribution is 0.0698. The zero-order valence-corrected chi connectivity index (χ0v) is 15.6. The van der Waals surface area contributed by atoms with Crippen molar-refractivity contribution in [3.8, 4) is 17.2 Å². The van der Waals surface area contributed by atoms with Crippen molar-refractivity contribution in [1.82, 2.24) is 14.8 Å². The van der Waals surface area contributed by atoms with Crippen LogP contribution >= 0.6 is 0 Å². The Balaban J connectivity index is 1.43. The van der Waals surface area contributed by atoms with Crippen molar-refractivity contribution in [2.45, 2.75) is 0 Å². The van der Waals surface area contributed by atoms with Crippen LogP contribution in [0.2, 0.25) is 0 Å². The largest absolute Gasteiger partial charge is 0.478 e. The number of amides is 1. The maximum absolute atomic E-state index is 12.5. The smallest absolute Gasteiger partial charge is 0.337 e. The first-order valence-corrected chi connectivity index (χ1v) is 8.97. The van der Waals surface area contributed by atoms with Gasteiger partial charge in [-0.1, -0.05) is 12.1 Å². The van der Waals surface area contributed by atoms with Gasteiger partial charge < -0.3 is 15.2 Å². The van der Waals surface area contributed by atoms with Crippen LogP contribution in [0.4, 0.5) is 5.69 Å². The summed E-state index contributed by atoms with van der Waals surface area (Å²) in [6, 6.07) is 20.1. The number of carbonyl (C=O) groups excluding carboxylic acids is 1. The van der Waals surface area contributed by atoms with Gasteiger partial charge >= 0.3 is 5.97 Å². The van der Waals surface area contributed by atoms with Crippen molar-refractivity contribution in [1.29, 1.82) is 0 Å². The molecule has 1 aromatic heterocycles. The van der Waals surface area contributed by atoms with Gasteiger partial charge in [0, 0.05) is 5.56 Å². The third kappa shape index (κ3) is 4.17. The number of benzene rings is 3. The Morgan fingerprint density at radius 1 is 0.900 bits per heavy atom. The fraction of sp³-hybridized carbons (Fsp3) is 0. The predicted octanol–water partition coefficient (Wildman–Crippen LogP) is 4.01. The highest BCUT2D eigenvalue weighted by Crippen LogP contribution is 2.23. The topological polar surface area (TPSA) is 106 Å². The third-order valence-electron chi connectivity index (χ3n) is 4.28. The van der Waals surface area contributed by atoms with E-state index in [-0.39, 0.29) is 11.3 Å². The lowest BCUT2D eigenvalue weighted by Gasteiger charge is -2.10. The number of anilines is 1. The summed E-state index contributed by atoms with van der Waals surface area (Å²) in [5, 5.41) is 15.9. The number of ether oxygens (including phenoxy) is 1. The highest BCUT2D eigenvalue weighted by atomic mass is 16.5. The molecule has 0 radical (unpaired) electrons. The number of hydrogen-bond acceptors (Lipinski definition) is 5. The number of carboxylic acid groups (broad SMARTS) is 1. The second kappa shape index (κ2) is 8.27. The quantitative estimate of drug-likeness (QED) is 0.506. The molecule has 0 aliphatic rings. The molecule has 30 heavy (non-hydrogen) atoms. The van der Waals surface area contributed by atoms with Crippen LogP contribution in [0.1, 0.15) is 20.7 Å². The second-order valence-electron chi connectivity index (χ2n) is 6.27. The molecule has 2 N–H and O–H groups in total. The van der Waals surface area contributed by atoms with E-state index in [1.54, 1.807) is 65.6 Å². The molecule has 0 aliphatic carbocycles. The van der Waals surface area contributed by atoms with Crippen molar-refractivity contribution in [3.05, 3.63) is 96.6 Å². The van der Waals surface area contributed by atoms with E-state index in [0.29, 0.717) is 17.1 Å². The van der Waals surface area contributed by atoms with E-state index in [9.17, 15) is 14.7 Å². The Labute approximate surface area is 171 Å². The number of nitrogens with zero attached hydrogens (tertiary/aromatic N) is 3. The zero-order chi connectivity index (χ0) is 20.9. The van der Waals surface area contributed by atoms with Gasteiger partial charge in [0.1, 0.15) is 24.2 Å². The minimum atomic E-state index is -1.11. The maximum atomic E-state index is 12.5. The summed E-state index contributed by atoms with van der Waals surface area (Å²) in [6.07, 6.45) is 3.07. The molecule has 8 heteroatoms. The molecule has 0 spiro atoms. The molecule has 1 heterocycles. The Morgan fingerprint density at radius 2 is 1.57 bits per heavy atom. The molecule has 3 aromatic carbocycles. The number of rotatable bonds is 6. The summed E-state index contributed by atoms with van der Waals surface area (Å²) in [5.74, 6) is -0.325. The Morgan fingerprint density at radius 3 is 2.20 bits per heavy atom. The molecule has 0 fully saturated rings. The molecule has 4 aromatic rings. The van der Waals surface area contributed by atoms with Crippen molar-refractivity contribution in [3.63, 3.8) is 0 Å². The molecule has 0 aliphatic heterocycles. The first-order chi connectivity index (χ1) is 14.6. The zero-order valence-electron chi connectivity index (χ0n) is 15.6. The number of carboxylic acids is 1. The van der Waals surface area contributed by atoms with Gasteiger partial charge in [0.05, 0.1) is 16.9 Å². The van der Waals surface area contributed by atoms with Crippen LogP contribution in [0.5, 0.6) is 11.5 Å². The minimum Gasteiger partial charge on any atom is -0.478 e. The van der Waals surface area contributed by atoms with Crippen LogP contribution in [0, 0.1) is 0 Å². The van der Waals surface area contributed by atoms with Crippen LogP contribution in [0.25, 0.3) is 5.69 Å². The summed E-state index contributed by atoms with van der Waals surface area (Å²) in [4.78, 5) is 27.6. The molecule has 4 rings (SSSR count). The molecular formula is C22H16N4O4. The second-order valence-corrected chi connectivity index (χ2v) is 6.27. The van der Waals surface area contributed by atoms with Crippen LogP contribution < -0.4 is 10.1 Å². The van der Waals surface area contributed by atoms with Gasteiger partial charge in [-0.05, 0) is 60.7 Å². The molecular weight excluding hydrogens is 384 g/mol. The van der Waals surface area contributed by atoms with Gasteiger partial charge in [-0.15, -0.1) is 0 Å². The number of nitrogens with one attached hydrogen (secondary N) is 1. The van der Waals surface area contributed by atoms with E-state index in [1.807, 2.05) is 12.1 Å². The van der Waals surface area contributed by atoms with Crippen LogP contribution in [-0.2, 0) is 0 Å². The monoisotopic (exact) mass is 400 g/mol. The Hall–Kier alpha value is -4.46. The van der Waals surface area contributed by atoms with Crippen molar-refractivity contribution in [2.75, 3.05) is 5.32 Å². The van der Waals surface area contributed by atoms with Gasteiger partial charge in [-0.2, -0.15) is 5.10 Å². The van der Waals surface area contributed by atoms with Gasteiger partial charge in [0.25, 0.3) is 5.91 Å². The summed E-state index contributed by atoms with van der Waals surface area (Å²) >= 11 is 0. The minimum absolute atomic E-state index is 0.0279. The third-order valence-corrected chi connectivity index (χ3v) is 4.28. The normalized spacial score (nSPS) is 10.4. The molecule has 8 nitrogen and oxygen atoms in total. The van der Waals surface area contributed by atoms with Gasteiger partial charge in [-0.25, -0.2) is 14.5 Å². The number of para-hydroxylation sites is 1. The summed E-state index contributed by atoms with van der Waals surface area (Å²) < 4.78 is 7.44. The fourth-order valence-corrected chi connectivity index (χ4v) is 2.79. The number of aromatic carboxylic acids is 1. The van der Waals surface area contributed by atoms with Crippen molar-refractivity contribution >= 4 is 17.6 Å². The number of aromatic nitrogens is 3. The SMILES string of the molecule is O=C(Nc1ccccc1C(=O)O)c1ccc(Oc2ccc(-n3cncn3)cc2)cc1. The van der Waals surface area contributed by atoms with E-state index < -0.39 is 11.9 Å². The Kier molecular flexibility index (Phi) is 5.21. The van der Waals surface area contributed by atoms with Crippen LogP contribution in [0.15, 0.2) is 85.5 Å². The molecule has 0 atom stereocenters. The van der Waals surface area contributed by atoms with Crippen LogP contribution in [-0.4, -0.2) is 31.7 Å². The molecule has 0 unspecified atom stereocenters. The van der Waals surface area contributed by atoms with Gasteiger partial charge in [0.15, 0.2) is 0 Å². The molecule has 1 amide bonds. The maximum Gasteiger partial charge on any atom is 0.337 e. The van der Waals surface area contributed by atoms with E-state index in [4.69, 9.17) is 4.74 Å².